The van der Waals surface area contributed by atoms with Crippen molar-refractivity contribution in [3.05, 3.63) is 208 Å². The number of nitro benzene ring substituents is 3. The van der Waals surface area contributed by atoms with E-state index < -0.39 is 50.6 Å². The molecule has 0 aliphatic heterocycles. The molecule has 7 aromatic carbocycles. The second-order valence-corrected chi connectivity index (χ2v) is 23.8. The Kier molecular flexibility index (Phi) is 29.6. The molecule has 30 heteroatoms. The van der Waals surface area contributed by atoms with E-state index in [1.165, 1.54) is 127 Å². The number of nitrogens with zero attached hydrogens (tertiary/aromatic N) is 6. The number of amides is 9. The zero-order valence-electron chi connectivity index (χ0n) is 59.4. The molecule has 0 aliphatic carbocycles. The lowest BCUT2D eigenvalue weighted by atomic mass is 9.98. The molecule has 0 saturated carbocycles. The Bertz CT molecular complexity index is 4070. The summed E-state index contributed by atoms with van der Waals surface area (Å²) in [4.78, 5) is 122. The molecule has 0 atom stereocenters. The topological polar surface area (TPSA) is 378 Å². The van der Waals surface area contributed by atoms with Crippen LogP contribution in [0.4, 0.5) is 65.6 Å². The van der Waals surface area contributed by atoms with Crippen molar-refractivity contribution in [1.82, 2.24) is 30.7 Å². The monoisotopic (exact) mass is 1430 g/mol. The number of hydrogen-bond acceptors (Lipinski definition) is 18. The fourth-order valence-electron chi connectivity index (χ4n) is 9.93. The minimum Gasteiger partial charge on any atom is -0.491 e. The highest BCUT2D eigenvalue weighted by Gasteiger charge is 2.27. The zero-order valence-corrected chi connectivity index (χ0v) is 59.4. The van der Waals surface area contributed by atoms with E-state index in [0.29, 0.717) is 58.5 Å². The van der Waals surface area contributed by atoms with Crippen LogP contribution in [0.2, 0.25) is 0 Å². The molecular formula is C75H81N15O15. The molecule has 0 heterocycles. The SMILES string of the molecule is CCOc1c(C#Cc2cc(C(=O)NCCCN(C)C)ccc2NC(=O)Nc2ccc([N+](=O)[O-])cc2)c(OCC)c(C#Cc2cc(C(=O)NCCCN(C)C)ccc2NC(=O)Nc2ccc([N+](=O)[O-])cc2)c(OCC)c1C#Cc1cc(C(=O)NCCCN(C)C)ccc1NC(=O)Nc1ccc([N+](=O)[O-])cc1. The van der Waals surface area contributed by atoms with Gasteiger partial charge in [0.25, 0.3) is 34.8 Å². The second kappa shape index (κ2) is 39.2. The third kappa shape index (κ3) is 24.0. The van der Waals surface area contributed by atoms with E-state index in [1.807, 2.05) is 57.0 Å². The molecule has 7 rings (SSSR count). The van der Waals surface area contributed by atoms with Crippen LogP contribution in [0.15, 0.2) is 127 Å². The Morgan fingerprint density at radius 1 is 0.362 bits per heavy atom. The first-order valence-electron chi connectivity index (χ1n) is 33.2. The number of hydrogen-bond donors (Lipinski definition) is 9. The highest BCUT2D eigenvalue weighted by molar-refractivity contribution is 6.04. The molecular weight excluding hydrogens is 1350 g/mol. The van der Waals surface area contributed by atoms with Gasteiger partial charge in [-0.25, -0.2) is 14.4 Å². The lowest BCUT2D eigenvalue weighted by Gasteiger charge is -2.20. The number of rotatable bonds is 30. The summed E-state index contributed by atoms with van der Waals surface area (Å²) in [5, 5.41) is 59.5. The van der Waals surface area contributed by atoms with Gasteiger partial charge in [0, 0.05) is 106 Å². The first-order chi connectivity index (χ1) is 50.3. The molecule has 9 amide bonds. The average molecular weight is 1430 g/mol. The third-order valence-electron chi connectivity index (χ3n) is 15.0. The highest BCUT2D eigenvalue weighted by atomic mass is 16.6. The van der Waals surface area contributed by atoms with Crippen LogP contribution >= 0.6 is 0 Å². The summed E-state index contributed by atoms with van der Waals surface area (Å²) < 4.78 is 19.7. The highest BCUT2D eigenvalue weighted by Crippen LogP contribution is 2.44. The summed E-state index contributed by atoms with van der Waals surface area (Å²) in [5.74, 6) is 17.5. The maximum atomic E-state index is 13.9. The molecule has 0 fully saturated rings. The van der Waals surface area contributed by atoms with E-state index >= 15 is 0 Å². The number of carbonyl (C=O) groups excluding carboxylic acids is 6. The molecule has 0 unspecified atom stereocenters. The van der Waals surface area contributed by atoms with Crippen LogP contribution in [0.3, 0.4) is 0 Å². The first-order valence-corrected chi connectivity index (χ1v) is 33.2. The minimum absolute atomic E-state index is 0.0195. The molecule has 0 aromatic heterocycles. The van der Waals surface area contributed by atoms with Crippen molar-refractivity contribution < 1.29 is 57.7 Å². The number of carbonyl (C=O) groups is 6. The van der Waals surface area contributed by atoms with Gasteiger partial charge in [-0.15, -0.1) is 0 Å². The first kappa shape index (κ1) is 79.2. The summed E-state index contributed by atoms with van der Waals surface area (Å²) in [6.45, 7) is 7.91. The summed E-state index contributed by atoms with van der Waals surface area (Å²) in [5.41, 5.74) is 0.876. The van der Waals surface area contributed by atoms with Gasteiger partial charge in [0.15, 0.2) is 17.2 Å². The maximum Gasteiger partial charge on any atom is 0.323 e. The van der Waals surface area contributed by atoms with E-state index in [2.05, 4.69) is 83.4 Å². The molecule has 105 heavy (non-hydrogen) atoms. The Balaban J connectivity index is 1.52. The van der Waals surface area contributed by atoms with Crippen LogP contribution in [-0.4, -0.2) is 167 Å². The van der Waals surface area contributed by atoms with Crippen molar-refractivity contribution in [2.45, 2.75) is 40.0 Å². The predicted molar refractivity (Wildman–Crippen MR) is 401 cm³/mol. The number of non-ortho nitro benzene ring substituents is 3. The average Bonchev–Trinajstić information content (AvgIpc) is 0.762. The molecule has 9 N–H and O–H groups in total. The van der Waals surface area contributed by atoms with Gasteiger partial charge in [0.2, 0.25) is 0 Å². The van der Waals surface area contributed by atoms with Crippen LogP contribution in [-0.2, 0) is 0 Å². The zero-order chi connectivity index (χ0) is 76.1. The number of nitro groups is 3. The fraction of sp³-hybridized carbons (Fsp3) is 0.280. The van der Waals surface area contributed by atoms with Gasteiger partial charge in [-0.3, -0.25) is 44.7 Å². The van der Waals surface area contributed by atoms with Gasteiger partial charge in [-0.1, -0.05) is 35.5 Å². The van der Waals surface area contributed by atoms with Crippen LogP contribution in [0.5, 0.6) is 17.2 Å². The van der Waals surface area contributed by atoms with Crippen LogP contribution < -0.4 is 62.1 Å². The van der Waals surface area contributed by atoms with E-state index in [-0.39, 0.29) is 138 Å². The number of nitrogens with one attached hydrogen (secondary N) is 9. The van der Waals surface area contributed by atoms with Gasteiger partial charge in [-0.2, -0.15) is 0 Å². The molecule has 546 valence electrons. The smallest absolute Gasteiger partial charge is 0.323 e. The second-order valence-electron chi connectivity index (χ2n) is 23.8. The van der Waals surface area contributed by atoms with Crippen molar-refractivity contribution in [2.24, 2.45) is 0 Å². The van der Waals surface area contributed by atoms with Crippen molar-refractivity contribution in [3.8, 4) is 52.8 Å². The molecule has 0 spiro atoms. The van der Waals surface area contributed by atoms with Gasteiger partial charge < -0.3 is 76.8 Å². The lowest BCUT2D eigenvalue weighted by molar-refractivity contribution is -0.385. The van der Waals surface area contributed by atoms with Crippen molar-refractivity contribution in [2.75, 3.05) is 133 Å². The van der Waals surface area contributed by atoms with Crippen molar-refractivity contribution in [3.63, 3.8) is 0 Å². The lowest BCUT2D eigenvalue weighted by Crippen LogP contribution is -2.27. The molecule has 0 aliphatic rings. The molecule has 0 saturated heterocycles. The molecule has 7 aromatic rings. The van der Waals surface area contributed by atoms with Crippen molar-refractivity contribution >= 4 is 87.0 Å². The molecule has 0 bridgehead atoms. The van der Waals surface area contributed by atoms with E-state index in [1.54, 1.807) is 20.8 Å². The molecule has 30 nitrogen and oxygen atoms in total. The number of ether oxygens (including phenoxy) is 3. The Morgan fingerprint density at radius 3 is 0.829 bits per heavy atom. The Labute approximate surface area is 606 Å². The van der Waals surface area contributed by atoms with Gasteiger partial charge in [0.1, 0.15) is 16.7 Å². The summed E-state index contributed by atoms with van der Waals surface area (Å²) in [7, 11) is 11.4. The van der Waals surface area contributed by atoms with E-state index in [4.69, 9.17) is 14.2 Å². The summed E-state index contributed by atoms with van der Waals surface area (Å²) in [6, 6.07) is 26.3. The third-order valence-corrected chi connectivity index (χ3v) is 15.0. The van der Waals surface area contributed by atoms with Crippen LogP contribution in [0, 0.1) is 65.9 Å². The van der Waals surface area contributed by atoms with Gasteiger partial charge in [0.05, 0.1) is 51.7 Å². The number of benzene rings is 7. The fourth-order valence-corrected chi connectivity index (χ4v) is 9.93. The Morgan fingerprint density at radius 2 is 0.610 bits per heavy atom. The van der Waals surface area contributed by atoms with Gasteiger partial charge in [-0.05, 0) is 193 Å². The normalized spacial score (nSPS) is 10.5. The standard InChI is InChI=1S/C75H81N15O15/c1-10-103-67-61(34-16-49-46-52(70(91)76-40-13-43-85(4)5)19-37-64(49)82-73(94)79-55-22-28-58(29-23-55)88(97)98)68(104-11-2)63(36-18-51-48-54(72(93)78-42-15-45-87(8)9)21-39-66(51)84-75(96)81-57-26-32-60(33-27-57)90(101)102)69(105-12-3)62(67)35-17-50-47-53(71(92)77-41-14-44-86(6)7)20-38-65(50)83-74(95)80-56-24-30-59(31-25-56)89(99)100/h19-33,37-39,46-48H,10-15,40-45H2,1-9H3,(H,76,91)(H,77,92)(H,78,93)(H2,79,82,94)(H2,80,83,95)(H2,81,84,96). The van der Waals surface area contributed by atoms with Crippen LogP contribution in [0.1, 0.15) is 104 Å². The maximum absolute atomic E-state index is 13.9. The van der Waals surface area contributed by atoms with E-state index in [9.17, 15) is 59.1 Å². The molecule has 0 radical (unpaired) electrons. The Hall–Kier alpha value is -13.1. The summed E-state index contributed by atoms with van der Waals surface area (Å²) >= 11 is 0. The number of anilines is 6. The number of urea groups is 3. The summed E-state index contributed by atoms with van der Waals surface area (Å²) in [6.07, 6.45) is 1.86. The minimum atomic E-state index is -0.791. The quantitative estimate of drug-likeness (QED) is 0.00874. The van der Waals surface area contributed by atoms with Crippen LogP contribution in [0.25, 0.3) is 0 Å². The predicted octanol–water partition coefficient (Wildman–Crippen LogP) is 10.8. The largest absolute Gasteiger partial charge is 0.491 e. The van der Waals surface area contributed by atoms with Crippen molar-refractivity contribution in [1.29, 1.82) is 0 Å². The van der Waals surface area contributed by atoms with Gasteiger partial charge >= 0.3 is 18.1 Å². The van der Waals surface area contributed by atoms with E-state index in [0.717, 1.165) is 0 Å².